The van der Waals surface area contributed by atoms with Crippen LogP contribution in [-0.4, -0.2) is 15.9 Å². The lowest BCUT2D eigenvalue weighted by molar-refractivity contribution is -0.117. The lowest BCUT2D eigenvalue weighted by atomic mass is 10.2. The van der Waals surface area contributed by atoms with Crippen molar-refractivity contribution in [3.63, 3.8) is 0 Å². The first-order valence-electron chi connectivity index (χ1n) is 3.47. The molecule has 1 aromatic heterocycles. The average molecular weight is 154 g/mol. The average Bonchev–Trinajstić information content (AvgIpc) is 2.31. The number of hydrogen-bond acceptors (Lipinski definition) is 4. The van der Waals surface area contributed by atoms with Crippen LogP contribution < -0.4 is 0 Å². The van der Waals surface area contributed by atoms with E-state index in [0.29, 0.717) is 24.6 Å². The lowest BCUT2D eigenvalue weighted by Gasteiger charge is -1.87. The van der Waals surface area contributed by atoms with E-state index >= 15 is 0 Å². The summed E-state index contributed by atoms with van der Waals surface area (Å²) in [6, 6.07) is 0. The molecule has 11 heavy (non-hydrogen) atoms. The summed E-state index contributed by atoms with van der Waals surface area (Å²) in [6.07, 6.45) is 1.03. The maximum atomic E-state index is 10.5. The van der Waals surface area contributed by atoms with Crippen LogP contribution in [0, 0.1) is 6.92 Å². The molecule has 0 fully saturated rings. The summed E-state index contributed by atoms with van der Waals surface area (Å²) < 4.78 is 4.80. The van der Waals surface area contributed by atoms with Crippen LogP contribution in [0.1, 0.15) is 25.1 Å². The third kappa shape index (κ3) is 2.49. The van der Waals surface area contributed by atoms with Gasteiger partial charge in [0.2, 0.25) is 5.89 Å². The summed E-state index contributed by atoms with van der Waals surface area (Å²) in [5.74, 6) is 1.29. The van der Waals surface area contributed by atoms with Gasteiger partial charge in [0, 0.05) is 12.8 Å². The zero-order chi connectivity index (χ0) is 8.27. The van der Waals surface area contributed by atoms with Gasteiger partial charge in [0.1, 0.15) is 5.78 Å². The van der Waals surface area contributed by atoms with Crippen molar-refractivity contribution in [1.82, 2.24) is 10.1 Å². The van der Waals surface area contributed by atoms with Crippen molar-refractivity contribution in [2.45, 2.75) is 26.7 Å². The fourth-order valence-corrected chi connectivity index (χ4v) is 0.725. The number of hydrogen-bond donors (Lipinski definition) is 0. The Morgan fingerprint density at radius 1 is 1.64 bits per heavy atom. The molecule has 0 spiro atoms. The Morgan fingerprint density at radius 2 is 2.36 bits per heavy atom. The number of nitrogens with zero attached hydrogens (tertiary/aromatic N) is 2. The number of aromatic nitrogens is 2. The number of aryl methyl sites for hydroxylation is 2. The summed E-state index contributed by atoms with van der Waals surface area (Å²) in [4.78, 5) is 14.5. The van der Waals surface area contributed by atoms with E-state index in [2.05, 4.69) is 10.1 Å². The second-order valence-electron chi connectivity index (χ2n) is 2.44. The maximum absolute atomic E-state index is 10.5. The molecule has 0 unspecified atom stereocenters. The molecule has 0 amide bonds. The van der Waals surface area contributed by atoms with Crippen LogP contribution in [0.2, 0.25) is 0 Å². The zero-order valence-corrected chi connectivity index (χ0v) is 6.63. The van der Waals surface area contributed by atoms with E-state index in [9.17, 15) is 4.79 Å². The Labute approximate surface area is 64.6 Å². The third-order valence-corrected chi connectivity index (χ3v) is 1.26. The van der Waals surface area contributed by atoms with Crippen molar-refractivity contribution in [3.8, 4) is 0 Å². The first-order valence-corrected chi connectivity index (χ1v) is 3.47. The molecule has 0 radical (unpaired) electrons. The first kappa shape index (κ1) is 7.91. The number of carbonyl (C=O) groups excluding carboxylic acids is 1. The molecule has 1 rings (SSSR count). The topological polar surface area (TPSA) is 56.0 Å². The molecule has 60 valence electrons. The smallest absolute Gasteiger partial charge is 0.227 e. The first-order chi connectivity index (χ1) is 5.18. The molecule has 0 N–H and O–H groups in total. The van der Waals surface area contributed by atoms with Gasteiger partial charge in [0.15, 0.2) is 5.82 Å². The van der Waals surface area contributed by atoms with Crippen LogP contribution in [0.4, 0.5) is 0 Å². The van der Waals surface area contributed by atoms with Crippen LogP contribution in [-0.2, 0) is 11.2 Å². The van der Waals surface area contributed by atoms with Crippen molar-refractivity contribution in [2.24, 2.45) is 0 Å². The second kappa shape index (κ2) is 3.27. The van der Waals surface area contributed by atoms with Gasteiger partial charge in [0.25, 0.3) is 0 Å². The molecule has 0 aliphatic carbocycles. The summed E-state index contributed by atoms with van der Waals surface area (Å²) in [5.41, 5.74) is 0. The van der Waals surface area contributed by atoms with Gasteiger partial charge in [0.05, 0.1) is 0 Å². The van der Waals surface area contributed by atoms with Gasteiger partial charge in [-0.1, -0.05) is 5.16 Å². The molecule has 0 saturated heterocycles. The van der Waals surface area contributed by atoms with E-state index in [1.165, 1.54) is 0 Å². The van der Waals surface area contributed by atoms with E-state index in [0.717, 1.165) is 0 Å². The molecular formula is C7H10N2O2. The summed E-state index contributed by atoms with van der Waals surface area (Å²) in [5, 5.41) is 3.60. The standard InChI is InChI=1S/C7H10N2O2/c1-5(10)3-4-7-8-6(2)9-11-7/h3-4H2,1-2H3. The second-order valence-corrected chi connectivity index (χ2v) is 2.44. The van der Waals surface area contributed by atoms with E-state index in [1.807, 2.05) is 0 Å². The highest BCUT2D eigenvalue weighted by Crippen LogP contribution is 1.99. The Morgan fingerprint density at radius 3 is 2.82 bits per heavy atom. The van der Waals surface area contributed by atoms with Crippen molar-refractivity contribution < 1.29 is 9.32 Å². The fourth-order valence-electron chi connectivity index (χ4n) is 0.725. The summed E-state index contributed by atoms with van der Waals surface area (Å²) >= 11 is 0. The monoisotopic (exact) mass is 154 g/mol. The normalized spacial score (nSPS) is 10.0. The van der Waals surface area contributed by atoms with Crippen LogP contribution in [0.5, 0.6) is 0 Å². The van der Waals surface area contributed by atoms with Crippen molar-refractivity contribution in [2.75, 3.05) is 0 Å². The molecule has 0 saturated carbocycles. The van der Waals surface area contributed by atoms with Gasteiger partial charge in [-0.05, 0) is 13.8 Å². The van der Waals surface area contributed by atoms with E-state index in [-0.39, 0.29) is 5.78 Å². The minimum atomic E-state index is 0.140. The number of Topliss-reactive ketones (excluding diaryl/α,β-unsaturated/α-hetero) is 1. The van der Waals surface area contributed by atoms with Crippen molar-refractivity contribution in [3.05, 3.63) is 11.7 Å². The highest BCUT2D eigenvalue weighted by molar-refractivity contribution is 5.75. The van der Waals surface area contributed by atoms with Gasteiger partial charge in [-0.2, -0.15) is 4.98 Å². The SMILES string of the molecule is CC(=O)CCc1nc(C)no1. The Kier molecular flexibility index (Phi) is 2.36. The highest BCUT2D eigenvalue weighted by atomic mass is 16.5. The quantitative estimate of drug-likeness (QED) is 0.649. The van der Waals surface area contributed by atoms with Gasteiger partial charge in [-0.25, -0.2) is 0 Å². The zero-order valence-electron chi connectivity index (χ0n) is 6.63. The van der Waals surface area contributed by atoms with Crippen LogP contribution in [0.3, 0.4) is 0 Å². The molecular weight excluding hydrogens is 144 g/mol. The van der Waals surface area contributed by atoms with Crippen LogP contribution in [0.25, 0.3) is 0 Å². The minimum Gasteiger partial charge on any atom is -0.339 e. The molecule has 0 aliphatic heterocycles. The number of ketones is 1. The molecule has 0 bridgehead atoms. The molecule has 4 heteroatoms. The Balaban J connectivity index is 2.45. The maximum Gasteiger partial charge on any atom is 0.227 e. The predicted octanol–water partition coefficient (Wildman–Crippen LogP) is 0.900. The number of carbonyl (C=O) groups is 1. The summed E-state index contributed by atoms with van der Waals surface area (Å²) in [6.45, 7) is 3.30. The van der Waals surface area contributed by atoms with Gasteiger partial charge in [-0.15, -0.1) is 0 Å². The van der Waals surface area contributed by atoms with Crippen molar-refractivity contribution in [1.29, 1.82) is 0 Å². The minimum absolute atomic E-state index is 0.140. The van der Waals surface area contributed by atoms with E-state index in [1.54, 1.807) is 13.8 Å². The summed E-state index contributed by atoms with van der Waals surface area (Å²) in [7, 11) is 0. The predicted molar refractivity (Wildman–Crippen MR) is 38.0 cm³/mol. The molecule has 1 heterocycles. The van der Waals surface area contributed by atoms with Crippen molar-refractivity contribution >= 4 is 5.78 Å². The van der Waals surface area contributed by atoms with E-state index < -0.39 is 0 Å². The van der Waals surface area contributed by atoms with Crippen LogP contribution in [0.15, 0.2) is 4.52 Å². The van der Waals surface area contributed by atoms with Crippen LogP contribution >= 0.6 is 0 Å². The fraction of sp³-hybridized carbons (Fsp3) is 0.571. The molecule has 4 nitrogen and oxygen atoms in total. The number of rotatable bonds is 3. The largest absolute Gasteiger partial charge is 0.339 e. The Bertz CT molecular complexity index is 255. The van der Waals surface area contributed by atoms with Gasteiger partial charge in [-0.3, -0.25) is 0 Å². The molecule has 1 aromatic rings. The Hall–Kier alpha value is -1.19. The van der Waals surface area contributed by atoms with Gasteiger partial charge >= 0.3 is 0 Å². The lowest BCUT2D eigenvalue weighted by Crippen LogP contribution is -1.93. The highest BCUT2D eigenvalue weighted by Gasteiger charge is 2.02. The molecule has 0 aromatic carbocycles. The third-order valence-electron chi connectivity index (χ3n) is 1.26. The van der Waals surface area contributed by atoms with Gasteiger partial charge < -0.3 is 9.32 Å². The molecule has 0 aliphatic rings. The van der Waals surface area contributed by atoms with E-state index in [4.69, 9.17) is 4.52 Å². The molecule has 0 atom stereocenters.